The second kappa shape index (κ2) is 23.1. The molecule has 3 amide bonds. The largest absolute Gasteiger partial charge is 0.458 e. The number of guanidine groups is 1. The fourth-order valence-electron chi connectivity index (χ4n) is 8.30. The van der Waals surface area contributed by atoms with Crippen LogP contribution in [0.3, 0.4) is 0 Å². The van der Waals surface area contributed by atoms with Gasteiger partial charge in [-0.15, -0.1) is 0 Å². The highest BCUT2D eigenvalue weighted by Gasteiger charge is 2.44. The van der Waals surface area contributed by atoms with E-state index in [2.05, 4.69) is 29.4 Å². The molecule has 2 heterocycles. The number of carbonyl (C=O) groups is 4. The van der Waals surface area contributed by atoms with Crippen LogP contribution in [0.4, 0.5) is 0 Å². The smallest absolute Gasteiger partial charge is 0.329 e. The van der Waals surface area contributed by atoms with Gasteiger partial charge < -0.3 is 44.4 Å². The first-order valence-corrected chi connectivity index (χ1v) is 22.5. The Morgan fingerprint density at radius 3 is 2.08 bits per heavy atom. The molecule has 0 aromatic heterocycles. The third kappa shape index (κ3) is 13.6. The fraction of sp³-hybridized carbons (Fsp3) is 0.766. The maximum atomic E-state index is 14.5. The average molecular weight is 856 g/mol. The van der Waals surface area contributed by atoms with Crippen LogP contribution in [-0.4, -0.2) is 159 Å². The summed E-state index contributed by atoms with van der Waals surface area (Å²) in [7, 11) is 8.89. The predicted octanol–water partition coefficient (Wildman–Crippen LogP) is 4.85. The molecule has 61 heavy (non-hydrogen) atoms. The number of benzene rings is 1. The molecule has 0 radical (unpaired) electrons. The summed E-state index contributed by atoms with van der Waals surface area (Å²) < 4.78 is 18.2. The fourth-order valence-corrected chi connectivity index (χ4v) is 8.30. The highest BCUT2D eigenvalue weighted by Crippen LogP contribution is 2.34. The van der Waals surface area contributed by atoms with E-state index in [-0.39, 0.29) is 53.9 Å². The molecular formula is C47H81N7O7. The number of methoxy groups -OCH3 is 2. The number of aliphatic imine (C=N–C) groups is 1. The molecule has 2 saturated heterocycles. The summed E-state index contributed by atoms with van der Waals surface area (Å²) in [5, 5.41) is 6.39. The third-order valence-corrected chi connectivity index (χ3v) is 13.2. The molecule has 2 aliphatic rings. The SMILES string of the molecule is CC[C@H](C)[C@@H]([C@@H](CC(=O)N1CCC[C@H]1[C@H](OC)[C@@H](C)C(=O)N[C@@H](Cc1ccccc1)C(=O)OC(C)(C)C(C)(C)C)OC)N(C)C(=O)[C@@H](/N=C(\N(C)C)N1CCNCC1)C(C)C. The van der Waals surface area contributed by atoms with Crippen LogP contribution in [0.5, 0.6) is 0 Å². The van der Waals surface area contributed by atoms with Crippen LogP contribution in [0, 0.1) is 23.2 Å². The highest BCUT2D eigenvalue weighted by atomic mass is 16.6. The zero-order valence-corrected chi connectivity index (χ0v) is 40.2. The Kier molecular flexibility index (Phi) is 19.5. The molecule has 1 aromatic rings. The Morgan fingerprint density at radius 2 is 1.56 bits per heavy atom. The summed E-state index contributed by atoms with van der Waals surface area (Å²) in [6.45, 7) is 23.6. The van der Waals surface area contributed by atoms with Gasteiger partial charge in [0.2, 0.25) is 17.7 Å². The van der Waals surface area contributed by atoms with E-state index in [1.54, 1.807) is 26.0 Å². The lowest BCUT2D eigenvalue weighted by Crippen LogP contribution is -2.56. The molecule has 14 nitrogen and oxygen atoms in total. The second-order valence-corrected chi connectivity index (χ2v) is 19.3. The molecule has 14 heteroatoms. The van der Waals surface area contributed by atoms with Gasteiger partial charge in [-0.05, 0) is 44.1 Å². The third-order valence-electron chi connectivity index (χ3n) is 13.2. The minimum atomic E-state index is -0.935. The molecule has 8 atom stereocenters. The molecule has 346 valence electrons. The summed E-state index contributed by atoms with van der Waals surface area (Å²) in [6, 6.07) is 7.19. The van der Waals surface area contributed by atoms with Crippen molar-refractivity contribution in [2.45, 2.75) is 143 Å². The topological polar surface area (TPSA) is 145 Å². The van der Waals surface area contributed by atoms with Crippen LogP contribution in [0.2, 0.25) is 0 Å². The number of esters is 1. The Bertz CT molecular complexity index is 1590. The van der Waals surface area contributed by atoms with E-state index < -0.39 is 47.8 Å². The van der Waals surface area contributed by atoms with Gasteiger partial charge >= 0.3 is 5.97 Å². The van der Waals surface area contributed by atoms with Crippen LogP contribution >= 0.6 is 0 Å². The summed E-state index contributed by atoms with van der Waals surface area (Å²) in [4.78, 5) is 69.8. The number of hydrogen-bond donors (Lipinski definition) is 2. The first kappa shape index (κ1) is 51.6. The van der Waals surface area contributed by atoms with Gasteiger partial charge in [0.05, 0.1) is 36.6 Å². The van der Waals surface area contributed by atoms with Crippen LogP contribution in [0.1, 0.15) is 100 Å². The van der Waals surface area contributed by atoms with E-state index in [0.29, 0.717) is 13.0 Å². The lowest BCUT2D eigenvalue weighted by atomic mass is 9.79. The Balaban J connectivity index is 1.84. The number of piperazine rings is 1. The van der Waals surface area contributed by atoms with Crippen molar-refractivity contribution >= 4 is 29.7 Å². The Morgan fingerprint density at radius 1 is 0.934 bits per heavy atom. The van der Waals surface area contributed by atoms with E-state index in [9.17, 15) is 19.2 Å². The molecule has 0 spiro atoms. The molecular weight excluding hydrogens is 775 g/mol. The van der Waals surface area contributed by atoms with Crippen LogP contribution in [0.15, 0.2) is 35.3 Å². The minimum absolute atomic E-state index is 0.0132. The molecule has 3 rings (SSSR count). The number of nitrogens with zero attached hydrogens (tertiary/aromatic N) is 5. The van der Waals surface area contributed by atoms with E-state index in [1.807, 2.05) is 110 Å². The molecule has 2 fully saturated rings. The van der Waals surface area contributed by atoms with Gasteiger partial charge in [0.25, 0.3) is 0 Å². The minimum Gasteiger partial charge on any atom is -0.458 e. The van der Waals surface area contributed by atoms with Crippen molar-refractivity contribution in [2.24, 2.45) is 28.2 Å². The van der Waals surface area contributed by atoms with Crippen molar-refractivity contribution in [1.82, 2.24) is 30.2 Å². The second-order valence-electron chi connectivity index (χ2n) is 19.3. The van der Waals surface area contributed by atoms with Crippen LogP contribution in [0.25, 0.3) is 0 Å². The van der Waals surface area contributed by atoms with Crippen molar-refractivity contribution in [1.29, 1.82) is 0 Å². The number of ether oxygens (including phenoxy) is 3. The number of hydrogen-bond acceptors (Lipinski definition) is 9. The summed E-state index contributed by atoms with van der Waals surface area (Å²) in [6.07, 6.45) is 1.23. The summed E-state index contributed by atoms with van der Waals surface area (Å²) in [5.41, 5.74) is -0.251. The maximum Gasteiger partial charge on any atom is 0.329 e. The van der Waals surface area contributed by atoms with Crippen molar-refractivity contribution < 1.29 is 33.4 Å². The van der Waals surface area contributed by atoms with Gasteiger partial charge in [-0.1, -0.05) is 92.1 Å². The lowest BCUT2D eigenvalue weighted by molar-refractivity contribution is -0.171. The van der Waals surface area contributed by atoms with E-state index in [0.717, 1.165) is 50.5 Å². The Hall–Kier alpha value is -3.75. The van der Waals surface area contributed by atoms with E-state index in [1.165, 1.54) is 0 Å². The monoisotopic (exact) mass is 856 g/mol. The van der Waals surface area contributed by atoms with E-state index >= 15 is 0 Å². The first-order valence-electron chi connectivity index (χ1n) is 22.5. The summed E-state index contributed by atoms with van der Waals surface area (Å²) >= 11 is 0. The number of amides is 3. The van der Waals surface area contributed by atoms with Gasteiger partial charge in [-0.2, -0.15) is 0 Å². The maximum absolute atomic E-state index is 14.5. The van der Waals surface area contributed by atoms with Crippen molar-refractivity contribution in [2.75, 3.05) is 68.1 Å². The number of rotatable bonds is 19. The van der Waals surface area contributed by atoms with Crippen molar-refractivity contribution in [3.05, 3.63) is 35.9 Å². The van der Waals surface area contributed by atoms with Gasteiger partial charge in [-0.25, -0.2) is 9.79 Å². The molecule has 0 aliphatic carbocycles. The standard InChI is InChI=1S/C47H81N7O7/c1-16-32(4)40(52(13)43(57)39(31(2)3)50-45(51(11)12)53-27-24-48-25-28-53)37(59-14)30-38(55)54-26-20-23-36(54)41(60-15)33(5)42(56)49-35(29-34-21-18-17-19-22-34)44(58)61-47(9,10)46(6,7)8/h17-19,21-22,31-33,35-37,39-41,48H,16,20,23-30H2,1-15H3,(H,49,56)/b50-45+/t32-,33+,35-,36-,37+,39-,40-,41+/m0/s1. The van der Waals surface area contributed by atoms with E-state index in [4.69, 9.17) is 19.2 Å². The Labute approximate surface area is 367 Å². The molecule has 2 aliphatic heterocycles. The quantitative estimate of drug-likeness (QED) is 0.113. The summed E-state index contributed by atoms with van der Waals surface area (Å²) in [5.74, 6) is -1.09. The number of likely N-dealkylation sites (N-methyl/N-ethyl adjacent to an activating group) is 1. The number of nitrogens with one attached hydrogen (secondary N) is 2. The predicted molar refractivity (Wildman–Crippen MR) is 242 cm³/mol. The highest BCUT2D eigenvalue weighted by molar-refractivity contribution is 5.88. The molecule has 0 bridgehead atoms. The molecule has 0 saturated carbocycles. The van der Waals surface area contributed by atoms with Crippen LogP contribution in [-0.2, 0) is 39.8 Å². The normalized spacial score (nSPS) is 20.0. The average Bonchev–Trinajstić information content (AvgIpc) is 3.70. The van der Waals surface area contributed by atoms with Crippen LogP contribution < -0.4 is 10.6 Å². The molecule has 1 aromatic carbocycles. The van der Waals surface area contributed by atoms with Gasteiger partial charge in [0.15, 0.2) is 5.96 Å². The zero-order valence-electron chi connectivity index (χ0n) is 40.2. The van der Waals surface area contributed by atoms with Crippen molar-refractivity contribution in [3.63, 3.8) is 0 Å². The molecule has 2 N–H and O–H groups in total. The number of carbonyl (C=O) groups excluding carboxylic acids is 4. The zero-order chi connectivity index (χ0) is 45.8. The number of likely N-dealkylation sites (tertiary alicyclic amines) is 1. The van der Waals surface area contributed by atoms with Gasteiger partial charge in [0.1, 0.15) is 17.7 Å². The molecule has 0 unspecified atom stereocenters. The van der Waals surface area contributed by atoms with Gasteiger partial charge in [0, 0.05) is 79.9 Å². The van der Waals surface area contributed by atoms with Crippen molar-refractivity contribution in [3.8, 4) is 0 Å². The van der Waals surface area contributed by atoms with Gasteiger partial charge in [-0.3, -0.25) is 14.4 Å². The first-order chi connectivity index (χ1) is 28.6. The lowest BCUT2D eigenvalue weighted by Gasteiger charge is -2.41.